The summed E-state index contributed by atoms with van der Waals surface area (Å²) in [6.07, 6.45) is 0. The highest BCUT2D eigenvalue weighted by Crippen LogP contribution is 2.32. The number of benzene rings is 1. The molecule has 0 radical (unpaired) electrons. The maximum Gasteiger partial charge on any atom is 0.387 e. The summed E-state index contributed by atoms with van der Waals surface area (Å²) in [5, 5.41) is 0.344. The van der Waals surface area contributed by atoms with Gasteiger partial charge in [0.15, 0.2) is 0 Å². The van der Waals surface area contributed by atoms with Gasteiger partial charge < -0.3 is 4.74 Å². The zero-order valence-electron chi connectivity index (χ0n) is 6.03. The molecule has 0 unspecified atom stereocenters. The highest BCUT2D eigenvalue weighted by atomic mass is 127. The molecule has 0 aliphatic heterocycles. The van der Waals surface area contributed by atoms with Crippen molar-refractivity contribution in [1.82, 2.24) is 0 Å². The van der Waals surface area contributed by atoms with E-state index in [2.05, 4.69) is 20.7 Å². The summed E-state index contributed by atoms with van der Waals surface area (Å²) in [6, 6.07) is 2.96. The minimum atomic E-state index is -2.83. The summed E-state index contributed by atoms with van der Waals surface area (Å²) in [4.78, 5) is 0. The Bertz CT molecular complexity index is 322. The standard InChI is InChI=1S/C7H3BrClF2IO/c8-3-1-5(12)6(2-4(3)9)13-7(10)11/h1-2,7H. The Balaban J connectivity index is 3.01. The van der Waals surface area contributed by atoms with E-state index in [1.165, 1.54) is 6.07 Å². The zero-order chi connectivity index (χ0) is 10.0. The molecule has 6 heteroatoms. The van der Waals surface area contributed by atoms with Crippen LogP contribution in [-0.4, -0.2) is 6.61 Å². The van der Waals surface area contributed by atoms with Gasteiger partial charge >= 0.3 is 6.61 Å². The summed E-state index contributed by atoms with van der Waals surface area (Å²) in [7, 11) is 0. The lowest BCUT2D eigenvalue weighted by molar-refractivity contribution is -0.0504. The van der Waals surface area contributed by atoms with Gasteiger partial charge in [-0.1, -0.05) is 11.6 Å². The fraction of sp³-hybridized carbons (Fsp3) is 0.143. The average Bonchev–Trinajstić information content (AvgIpc) is 1.99. The summed E-state index contributed by atoms with van der Waals surface area (Å²) in [6.45, 7) is -2.83. The van der Waals surface area contributed by atoms with Crippen LogP contribution in [0, 0.1) is 3.57 Å². The van der Waals surface area contributed by atoms with Crippen molar-refractivity contribution in [2.75, 3.05) is 0 Å². The molecule has 0 saturated carbocycles. The first-order valence-corrected chi connectivity index (χ1v) is 5.35. The predicted octanol–water partition coefficient (Wildman–Crippen LogP) is 4.31. The second kappa shape index (κ2) is 4.75. The van der Waals surface area contributed by atoms with Gasteiger partial charge in [0, 0.05) is 10.5 Å². The topological polar surface area (TPSA) is 9.23 Å². The third-order valence-electron chi connectivity index (χ3n) is 1.19. The second-order valence-electron chi connectivity index (χ2n) is 2.08. The Morgan fingerprint density at radius 3 is 2.62 bits per heavy atom. The number of halogens is 5. The highest BCUT2D eigenvalue weighted by molar-refractivity contribution is 14.1. The number of hydrogen-bond acceptors (Lipinski definition) is 1. The van der Waals surface area contributed by atoms with E-state index >= 15 is 0 Å². The Morgan fingerprint density at radius 2 is 2.08 bits per heavy atom. The van der Waals surface area contributed by atoms with E-state index in [-0.39, 0.29) is 5.75 Å². The minimum absolute atomic E-state index is 0.0869. The van der Waals surface area contributed by atoms with Crippen LogP contribution in [0.25, 0.3) is 0 Å². The van der Waals surface area contributed by atoms with Gasteiger partial charge in [0.1, 0.15) is 5.75 Å². The zero-order valence-corrected chi connectivity index (χ0v) is 10.5. The van der Waals surface area contributed by atoms with E-state index in [9.17, 15) is 8.78 Å². The van der Waals surface area contributed by atoms with Gasteiger partial charge in [-0.25, -0.2) is 0 Å². The van der Waals surface area contributed by atoms with Gasteiger partial charge in [-0.15, -0.1) is 0 Å². The van der Waals surface area contributed by atoms with Gasteiger partial charge in [-0.2, -0.15) is 8.78 Å². The smallest absolute Gasteiger partial charge is 0.387 e. The van der Waals surface area contributed by atoms with Crippen molar-refractivity contribution >= 4 is 50.1 Å². The third-order valence-corrected chi connectivity index (χ3v) is 3.23. The van der Waals surface area contributed by atoms with E-state index in [4.69, 9.17) is 11.6 Å². The lowest BCUT2D eigenvalue weighted by Crippen LogP contribution is -2.03. The number of hydrogen-bond donors (Lipinski definition) is 0. The lowest BCUT2D eigenvalue weighted by Gasteiger charge is -2.07. The molecule has 1 aromatic rings. The van der Waals surface area contributed by atoms with Gasteiger partial charge in [0.2, 0.25) is 0 Å². The summed E-state index contributed by atoms with van der Waals surface area (Å²) in [5.74, 6) is 0.0869. The van der Waals surface area contributed by atoms with Crippen molar-refractivity contribution < 1.29 is 13.5 Å². The summed E-state index contributed by atoms with van der Waals surface area (Å²) >= 11 is 10.7. The molecule has 0 heterocycles. The van der Waals surface area contributed by atoms with Crippen molar-refractivity contribution in [2.45, 2.75) is 6.61 Å². The molecule has 0 amide bonds. The second-order valence-corrected chi connectivity index (χ2v) is 4.50. The van der Waals surface area contributed by atoms with Crippen LogP contribution in [0.4, 0.5) is 8.78 Å². The molecule has 0 atom stereocenters. The SMILES string of the molecule is FC(F)Oc1cc(Cl)c(Br)cc1I. The van der Waals surface area contributed by atoms with Crippen molar-refractivity contribution in [3.8, 4) is 5.75 Å². The van der Waals surface area contributed by atoms with Crippen molar-refractivity contribution in [2.24, 2.45) is 0 Å². The Hall–Kier alpha value is 0.380. The van der Waals surface area contributed by atoms with E-state index < -0.39 is 6.61 Å². The first-order valence-electron chi connectivity index (χ1n) is 3.10. The Kier molecular flexibility index (Phi) is 4.18. The van der Waals surface area contributed by atoms with Gasteiger partial charge in [-0.05, 0) is 44.6 Å². The van der Waals surface area contributed by atoms with Crippen LogP contribution in [0.2, 0.25) is 5.02 Å². The predicted molar refractivity (Wildman–Crippen MR) is 58.5 cm³/mol. The van der Waals surface area contributed by atoms with Gasteiger partial charge in [0.25, 0.3) is 0 Å². The summed E-state index contributed by atoms with van der Waals surface area (Å²) in [5.41, 5.74) is 0. The Morgan fingerprint density at radius 1 is 1.46 bits per heavy atom. The van der Waals surface area contributed by atoms with Crippen LogP contribution in [0.1, 0.15) is 0 Å². The van der Waals surface area contributed by atoms with Crippen LogP contribution < -0.4 is 4.74 Å². The molecule has 0 N–H and O–H groups in total. The molecule has 1 nitrogen and oxygen atoms in total. The van der Waals surface area contributed by atoms with E-state index in [1.54, 1.807) is 6.07 Å². The maximum atomic E-state index is 11.9. The molecule has 1 aromatic carbocycles. The van der Waals surface area contributed by atoms with E-state index in [1.807, 2.05) is 22.6 Å². The van der Waals surface area contributed by atoms with Crippen LogP contribution in [0.3, 0.4) is 0 Å². The maximum absolute atomic E-state index is 11.9. The molecule has 13 heavy (non-hydrogen) atoms. The van der Waals surface area contributed by atoms with Crippen molar-refractivity contribution in [3.05, 3.63) is 25.2 Å². The molecule has 0 aliphatic carbocycles. The van der Waals surface area contributed by atoms with Gasteiger partial charge in [-0.3, -0.25) is 0 Å². The molecule has 0 bridgehead atoms. The van der Waals surface area contributed by atoms with Crippen molar-refractivity contribution in [1.29, 1.82) is 0 Å². The van der Waals surface area contributed by atoms with Crippen molar-refractivity contribution in [3.63, 3.8) is 0 Å². The fourth-order valence-electron chi connectivity index (χ4n) is 0.691. The molecule has 0 spiro atoms. The minimum Gasteiger partial charge on any atom is -0.434 e. The van der Waals surface area contributed by atoms with Crippen LogP contribution >= 0.6 is 50.1 Å². The van der Waals surface area contributed by atoms with E-state index in [0.717, 1.165) is 0 Å². The molecule has 0 aromatic heterocycles. The largest absolute Gasteiger partial charge is 0.434 e. The molecule has 72 valence electrons. The molecule has 0 fully saturated rings. The number of ether oxygens (including phenoxy) is 1. The van der Waals surface area contributed by atoms with Gasteiger partial charge in [0.05, 0.1) is 8.59 Å². The van der Waals surface area contributed by atoms with E-state index in [0.29, 0.717) is 13.1 Å². The Labute approximate surface area is 101 Å². The molecule has 1 rings (SSSR count). The monoisotopic (exact) mass is 382 g/mol. The number of alkyl halides is 2. The van der Waals surface area contributed by atoms with Crippen LogP contribution in [0.15, 0.2) is 16.6 Å². The molecule has 0 aliphatic rings. The first-order chi connectivity index (χ1) is 6.00. The highest BCUT2D eigenvalue weighted by Gasteiger charge is 2.10. The lowest BCUT2D eigenvalue weighted by atomic mass is 10.3. The molecular weight excluding hydrogens is 380 g/mol. The van der Waals surface area contributed by atoms with Crippen LogP contribution in [0.5, 0.6) is 5.75 Å². The number of rotatable bonds is 2. The average molecular weight is 383 g/mol. The molecular formula is C7H3BrClF2IO. The quantitative estimate of drug-likeness (QED) is 0.546. The third kappa shape index (κ3) is 3.21. The normalized spacial score (nSPS) is 10.6. The van der Waals surface area contributed by atoms with Crippen LogP contribution in [-0.2, 0) is 0 Å². The first kappa shape index (κ1) is 11.5. The fourth-order valence-corrected chi connectivity index (χ4v) is 2.21. The summed E-state index contributed by atoms with van der Waals surface area (Å²) < 4.78 is 29.2. The molecule has 0 saturated heterocycles.